The van der Waals surface area contributed by atoms with Crippen LogP contribution in [-0.4, -0.2) is 55.0 Å². The SMILES string of the molecule is C#CCC(C)(CC(C)O)OCCNCCOCO. The molecule has 0 radical (unpaired) electrons. The quantitative estimate of drug-likeness (QED) is 0.279. The zero-order chi connectivity index (χ0) is 13.9. The number of nitrogens with one attached hydrogen (secondary N) is 1. The van der Waals surface area contributed by atoms with Gasteiger partial charge in [-0.05, 0) is 13.8 Å². The molecule has 0 aliphatic rings. The van der Waals surface area contributed by atoms with Gasteiger partial charge in [-0.2, -0.15) is 0 Å². The molecule has 0 aromatic heterocycles. The zero-order valence-electron chi connectivity index (χ0n) is 11.3. The Morgan fingerprint density at radius 3 is 2.61 bits per heavy atom. The molecule has 0 saturated heterocycles. The van der Waals surface area contributed by atoms with E-state index in [9.17, 15) is 5.11 Å². The Morgan fingerprint density at radius 1 is 1.39 bits per heavy atom. The van der Waals surface area contributed by atoms with Gasteiger partial charge in [0.25, 0.3) is 0 Å². The molecule has 0 rings (SSSR count). The summed E-state index contributed by atoms with van der Waals surface area (Å²) in [5.74, 6) is 2.58. The standard InChI is InChI=1S/C13H25NO4/c1-4-5-13(3,10-12(2)16)18-9-7-14-6-8-17-11-15/h1,12,14-16H,5-11H2,2-3H3. The van der Waals surface area contributed by atoms with Gasteiger partial charge in [-0.3, -0.25) is 0 Å². The molecule has 0 aromatic carbocycles. The first-order valence-corrected chi connectivity index (χ1v) is 6.19. The van der Waals surface area contributed by atoms with Gasteiger partial charge in [0.05, 0.1) is 24.9 Å². The van der Waals surface area contributed by atoms with Gasteiger partial charge in [0.1, 0.15) is 6.79 Å². The van der Waals surface area contributed by atoms with Gasteiger partial charge in [0, 0.05) is 25.9 Å². The fourth-order valence-corrected chi connectivity index (χ4v) is 1.73. The third-order valence-corrected chi connectivity index (χ3v) is 2.45. The molecule has 106 valence electrons. The molecule has 2 atom stereocenters. The van der Waals surface area contributed by atoms with Crippen LogP contribution < -0.4 is 5.32 Å². The lowest BCUT2D eigenvalue weighted by atomic mass is 9.95. The minimum atomic E-state index is -0.480. The normalized spacial score (nSPS) is 15.9. The molecule has 18 heavy (non-hydrogen) atoms. The predicted molar refractivity (Wildman–Crippen MR) is 70.0 cm³/mol. The summed E-state index contributed by atoms with van der Waals surface area (Å²) in [4.78, 5) is 0. The first-order chi connectivity index (χ1) is 8.54. The Balaban J connectivity index is 3.74. The molecule has 0 fully saturated rings. The van der Waals surface area contributed by atoms with E-state index in [-0.39, 0.29) is 6.79 Å². The van der Waals surface area contributed by atoms with E-state index in [1.165, 1.54) is 0 Å². The number of ether oxygens (including phenoxy) is 2. The second-order valence-electron chi connectivity index (χ2n) is 4.52. The van der Waals surface area contributed by atoms with Crippen molar-refractivity contribution in [2.75, 3.05) is 33.1 Å². The third kappa shape index (κ3) is 9.40. The van der Waals surface area contributed by atoms with Crippen LogP contribution in [0, 0.1) is 12.3 Å². The van der Waals surface area contributed by atoms with E-state index < -0.39 is 11.7 Å². The van der Waals surface area contributed by atoms with Crippen LogP contribution in [0.3, 0.4) is 0 Å². The minimum absolute atomic E-state index is 0.257. The summed E-state index contributed by atoms with van der Waals surface area (Å²) in [7, 11) is 0. The Bertz CT molecular complexity index is 240. The molecule has 5 heteroatoms. The van der Waals surface area contributed by atoms with Gasteiger partial charge in [-0.15, -0.1) is 12.3 Å². The van der Waals surface area contributed by atoms with Crippen molar-refractivity contribution >= 4 is 0 Å². The van der Waals surface area contributed by atoms with Gasteiger partial charge < -0.3 is 25.0 Å². The lowest BCUT2D eigenvalue weighted by Crippen LogP contribution is -2.35. The highest BCUT2D eigenvalue weighted by atomic mass is 16.6. The van der Waals surface area contributed by atoms with Crippen molar-refractivity contribution in [2.45, 2.75) is 38.4 Å². The number of aliphatic hydroxyl groups is 2. The summed E-state index contributed by atoms with van der Waals surface area (Å²) in [6.45, 7) is 5.70. The number of hydrogen-bond acceptors (Lipinski definition) is 5. The third-order valence-electron chi connectivity index (χ3n) is 2.45. The van der Waals surface area contributed by atoms with Crippen molar-refractivity contribution in [1.29, 1.82) is 0 Å². The maximum atomic E-state index is 9.41. The van der Waals surface area contributed by atoms with Gasteiger partial charge in [0.15, 0.2) is 0 Å². The van der Waals surface area contributed by atoms with Crippen LogP contribution >= 0.6 is 0 Å². The second-order valence-corrected chi connectivity index (χ2v) is 4.52. The lowest BCUT2D eigenvalue weighted by Gasteiger charge is -2.29. The molecule has 0 aromatic rings. The monoisotopic (exact) mass is 259 g/mol. The maximum Gasteiger partial charge on any atom is 0.143 e. The van der Waals surface area contributed by atoms with Crippen molar-refractivity contribution < 1.29 is 19.7 Å². The van der Waals surface area contributed by atoms with Gasteiger partial charge in [-0.1, -0.05) is 0 Å². The highest BCUT2D eigenvalue weighted by molar-refractivity contribution is 4.94. The second kappa shape index (κ2) is 10.3. The average molecular weight is 259 g/mol. The van der Waals surface area contributed by atoms with E-state index in [1.54, 1.807) is 6.92 Å². The molecular formula is C13H25NO4. The van der Waals surface area contributed by atoms with Crippen molar-refractivity contribution in [3.8, 4) is 12.3 Å². The molecule has 0 bridgehead atoms. The molecule has 0 spiro atoms. The first-order valence-electron chi connectivity index (χ1n) is 6.19. The molecule has 5 nitrogen and oxygen atoms in total. The van der Waals surface area contributed by atoms with Gasteiger partial charge in [-0.25, -0.2) is 0 Å². The van der Waals surface area contributed by atoms with Gasteiger partial charge in [0.2, 0.25) is 0 Å². The van der Waals surface area contributed by atoms with E-state index in [0.717, 1.165) is 0 Å². The van der Waals surface area contributed by atoms with Crippen LogP contribution in [0.2, 0.25) is 0 Å². The smallest absolute Gasteiger partial charge is 0.143 e. The topological polar surface area (TPSA) is 71.0 Å². The summed E-state index contributed by atoms with van der Waals surface area (Å²) in [5, 5.41) is 20.9. The fourth-order valence-electron chi connectivity index (χ4n) is 1.73. The highest BCUT2D eigenvalue weighted by Crippen LogP contribution is 2.21. The minimum Gasteiger partial charge on any atom is -0.393 e. The number of aliphatic hydroxyl groups excluding tert-OH is 2. The van der Waals surface area contributed by atoms with E-state index in [0.29, 0.717) is 39.1 Å². The molecule has 0 saturated carbocycles. The lowest BCUT2D eigenvalue weighted by molar-refractivity contribution is -0.0546. The van der Waals surface area contributed by atoms with Crippen LogP contribution in [0.4, 0.5) is 0 Å². The molecule has 2 unspecified atom stereocenters. The van der Waals surface area contributed by atoms with Crippen LogP contribution in [-0.2, 0) is 9.47 Å². The molecular weight excluding hydrogens is 234 g/mol. The molecule has 3 N–H and O–H groups in total. The van der Waals surface area contributed by atoms with Crippen molar-refractivity contribution in [3.63, 3.8) is 0 Å². The van der Waals surface area contributed by atoms with Crippen LogP contribution in [0.15, 0.2) is 0 Å². The van der Waals surface area contributed by atoms with Crippen LogP contribution in [0.1, 0.15) is 26.7 Å². The molecule has 0 aliphatic heterocycles. The van der Waals surface area contributed by atoms with Crippen molar-refractivity contribution in [2.24, 2.45) is 0 Å². The Kier molecular flexibility index (Phi) is 9.93. The Hall–Kier alpha value is -0.640. The summed E-state index contributed by atoms with van der Waals surface area (Å²) >= 11 is 0. The van der Waals surface area contributed by atoms with E-state index in [1.807, 2.05) is 6.92 Å². The summed E-state index contributed by atoms with van der Waals surface area (Å²) in [5.41, 5.74) is -0.480. The summed E-state index contributed by atoms with van der Waals surface area (Å²) < 4.78 is 10.5. The van der Waals surface area contributed by atoms with Crippen LogP contribution in [0.5, 0.6) is 0 Å². The Labute approximate surface area is 109 Å². The van der Waals surface area contributed by atoms with Crippen molar-refractivity contribution in [3.05, 3.63) is 0 Å². The van der Waals surface area contributed by atoms with Crippen molar-refractivity contribution in [1.82, 2.24) is 5.32 Å². The highest BCUT2D eigenvalue weighted by Gasteiger charge is 2.25. The number of hydrogen-bond donors (Lipinski definition) is 3. The predicted octanol–water partition coefficient (Wildman–Crippen LogP) is 0.112. The first kappa shape index (κ1) is 17.4. The summed E-state index contributed by atoms with van der Waals surface area (Å²) in [6, 6.07) is 0. The number of rotatable bonds is 11. The maximum absolute atomic E-state index is 9.41. The summed E-state index contributed by atoms with van der Waals surface area (Å²) in [6.07, 6.45) is 5.87. The molecule has 0 heterocycles. The molecule has 0 aliphatic carbocycles. The molecule has 0 amide bonds. The fraction of sp³-hybridized carbons (Fsp3) is 0.846. The largest absolute Gasteiger partial charge is 0.393 e. The van der Waals surface area contributed by atoms with E-state index >= 15 is 0 Å². The zero-order valence-corrected chi connectivity index (χ0v) is 11.3. The van der Waals surface area contributed by atoms with E-state index in [4.69, 9.17) is 21.0 Å². The van der Waals surface area contributed by atoms with Gasteiger partial charge >= 0.3 is 0 Å². The Morgan fingerprint density at radius 2 is 2.06 bits per heavy atom. The average Bonchev–Trinajstić information content (AvgIpc) is 2.27. The van der Waals surface area contributed by atoms with Crippen LogP contribution in [0.25, 0.3) is 0 Å². The number of terminal acetylenes is 1. The van der Waals surface area contributed by atoms with E-state index in [2.05, 4.69) is 11.2 Å².